The average molecular weight is 249 g/mol. The van der Waals surface area contributed by atoms with Crippen molar-refractivity contribution >= 4 is 29.0 Å². The van der Waals surface area contributed by atoms with Gasteiger partial charge in [-0.3, -0.25) is 14.5 Å². The number of thioether (sulfide) groups is 1. The topological polar surface area (TPSA) is 57.6 Å². The van der Waals surface area contributed by atoms with Crippen LogP contribution in [0.4, 0.5) is 4.79 Å². The van der Waals surface area contributed by atoms with Gasteiger partial charge in [0.1, 0.15) is 5.75 Å². The Morgan fingerprint density at radius 3 is 2.47 bits per heavy atom. The minimum atomic E-state index is -0.254. The summed E-state index contributed by atoms with van der Waals surface area (Å²) in [5, 5.41) is 8.90. The molecule has 0 bridgehead atoms. The van der Waals surface area contributed by atoms with E-state index in [0.29, 0.717) is 11.4 Å². The summed E-state index contributed by atoms with van der Waals surface area (Å²) >= 11 is 0.941. The molecule has 1 fully saturated rings. The number of carbonyl (C=O) groups excluding carboxylic acids is 2. The van der Waals surface area contributed by atoms with E-state index in [1.807, 2.05) is 0 Å². The highest BCUT2D eigenvalue weighted by Gasteiger charge is 2.33. The minimum absolute atomic E-state index is 0.170. The van der Waals surface area contributed by atoms with Gasteiger partial charge in [-0.05, 0) is 42.5 Å². The monoisotopic (exact) mass is 249 g/mol. The van der Waals surface area contributed by atoms with Gasteiger partial charge in [-0.1, -0.05) is 12.1 Å². The van der Waals surface area contributed by atoms with Crippen LogP contribution in [-0.4, -0.2) is 27.7 Å². The number of phenols is 1. The Kier molecular flexibility index (Phi) is 3.19. The van der Waals surface area contributed by atoms with Gasteiger partial charge in [0.15, 0.2) is 0 Å². The van der Waals surface area contributed by atoms with E-state index < -0.39 is 0 Å². The number of phenolic OH excluding ortho intramolecular Hbond substituents is 1. The van der Waals surface area contributed by atoms with Crippen LogP contribution in [0.5, 0.6) is 5.75 Å². The second-order valence-corrected chi connectivity index (χ2v) is 4.51. The van der Waals surface area contributed by atoms with E-state index >= 15 is 0 Å². The molecule has 17 heavy (non-hydrogen) atoms. The predicted octanol–water partition coefficient (Wildman–Crippen LogP) is 2.45. The first-order chi connectivity index (χ1) is 8.11. The van der Waals surface area contributed by atoms with Crippen LogP contribution in [0.25, 0.3) is 6.08 Å². The Morgan fingerprint density at radius 1 is 1.29 bits per heavy atom. The highest BCUT2D eigenvalue weighted by atomic mass is 32.2. The molecule has 0 aliphatic carbocycles. The summed E-state index contributed by atoms with van der Waals surface area (Å²) < 4.78 is 0. The maximum atomic E-state index is 11.8. The Balaban J connectivity index is 2.27. The lowest BCUT2D eigenvalue weighted by molar-refractivity contribution is -0.122. The van der Waals surface area contributed by atoms with Crippen LogP contribution >= 0.6 is 11.8 Å². The lowest BCUT2D eigenvalue weighted by Crippen LogP contribution is -2.27. The fourth-order valence-electron chi connectivity index (χ4n) is 1.49. The van der Waals surface area contributed by atoms with Crippen LogP contribution in [0.15, 0.2) is 29.2 Å². The Morgan fingerprint density at radius 2 is 1.94 bits per heavy atom. The number of likely N-dealkylation sites (N-methyl/N-ethyl adjacent to an activating group) is 1. The third-order valence-corrected chi connectivity index (χ3v) is 3.29. The Labute approximate surface area is 103 Å². The van der Waals surface area contributed by atoms with Gasteiger partial charge < -0.3 is 5.11 Å². The van der Waals surface area contributed by atoms with Crippen molar-refractivity contribution in [1.82, 2.24) is 4.90 Å². The second kappa shape index (κ2) is 4.63. The highest BCUT2D eigenvalue weighted by Crippen LogP contribution is 2.31. The molecule has 1 aliphatic heterocycles. The number of rotatable bonds is 2. The number of nitrogens with zero attached hydrogens (tertiary/aromatic N) is 1. The number of amides is 2. The first-order valence-corrected chi connectivity index (χ1v) is 5.98. The molecule has 1 aliphatic rings. The lowest BCUT2D eigenvalue weighted by atomic mass is 10.2. The van der Waals surface area contributed by atoms with Crippen molar-refractivity contribution < 1.29 is 14.7 Å². The van der Waals surface area contributed by atoms with E-state index in [2.05, 4.69) is 0 Å². The van der Waals surface area contributed by atoms with Crippen molar-refractivity contribution in [2.45, 2.75) is 6.92 Å². The van der Waals surface area contributed by atoms with Crippen molar-refractivity contribution in [2.75, 3.05) is 6.54 Å². The first kappa shape index (κ1) is 11.7. The molecule has 1 saturated heterocycles. The summed E-state index contributed by atoms with van der Waals surface area (Å²) in [7, 11) is 0. The largest absolute Gasteiger partial charge is 0.508 e. The molecule has 5 heteroatoms. The van der Waals surface area contributed by atoms with E-state index in [-0.39, 0.29) is 16.9 Å². The summed E-state index contributed by atoms with van der Waals surface area (Å²) in [4.78, 5) is 24.9. The fourth-order valence-corrected chi connectivity index (χ4v) is 2.40. The number of hydrogen-bond acceptors (Lipinski definition) is 4. The summed E-state index contributed by atoms with van der Waals surface area (Å²) in [5.74, 6) is -0.0839. The van der Waals surface area contributed by atoms with Crippen molar-refractivity contribution in [3.8, 4) is 5.75 Å². The average Bonchev–Trinajstić information content (AvgIpc) is 2.57. The zero-order chi connectivity index (χ0) is 12.4. The summed E-state index contributed by atoms with van der Waals surface area (Å²) in [6.45, 7) is 2.15. The number of carbonyl (C=O) groups is 2. The molecule has 0 spiro atoms. The van der Waals surface area contributed by atoms with Crippen LogP contribution in [0, 0.1) is 0 Å². The smallest absolute Gasteiger partial charge is 0.293 e. The van der Waals surface area contributed by atoms with Gasteiger partial charge in [-0.2, -0.15) is 0 Å². The van der Waals surface area contributed by atoms with Gasteiger partial charge in [0.2, 0.25) is 0 Å². The van der Waals surface area contributed by atoms with Crippen LogP contribution < -0.4 is 0 Å². The molecule has 1 aromatic carbocycles. The Hall–Kier alpha value is -1.75. The molecule has 0 unspecified atom stereocenters. The van der Waals surface area contributed by atoms with E-state index in [4.69, 9.17) is 5.11 Å². The van der Waals surface area contributed by atoms with E-state index in [0.717, 1.165) is 17.3 Å². The molecule has 1 heterocycles. The van der Waals surface area contributed by atoms with Crippen LogP contribution in [0.2, 0.25) is 0 Å². The van der Waals surface area contributed by atoms with Crippen molar-refractivity contribution in [1.29, 1.82) is 0 Å². The van der Waals surface area contributed by atoms with Crippen LogP contribution in [0.1, 0.15) is 12.5 Å². The van der Waals surface area contributed by atoms with Gasteiger partial charge in [-0.25, -0.2) is 0 Å². The molecule has 88 valence electrons. The van der Waals surface area contributed by atoms with E-state index in [9.17, 15) is 9.59 Å². The molecular weight excluding hydrogens is 238 g/mol. The SMILES string of the molecule is CCN1C(=O)SC(=Cc2ccc(O)cc2)C1=O. The molecule has 0 atom stereocenters. The third kappa shape index (κ3) is 2.34. The van der Waals surface area contributed by atoms with Gasteiger partial charge >= 0.3 is 0 Å². The second-order valence-electron chi connectivity index (χ2n) is 3.52. The number of benzene rings is 1. The van der Waals surface area contributed by atoms with E-state index in [1.54, 1.807) is 25.1 Å². The first-order valence-electron chi connectivity index (χ1n) is 5.16. The third-order valence-electron chi connectivity index (χ3n) is 2.38. The van der Waals surface area contributed by atoms with Gasteiger partial charge in [0.05, 0.1) is 4.91 Å². The zero-order valence-corrected chi connectivity index (χ0v) is 10.0. The fraction of sp³-hybridized carbons (Fsp3) is 0.167. The number of hydrogen-bond donors (Lipinski definition) is 1. The zero-order valence-electron chi connectivity index (χ0n) is 9.21. The number of imide groups is 1. The van der Waals surface area contributed by atoms with Crippen molar-refractivity contribution in [3.63, 3.8) is 0 Å². The van der Waals surface area contributed by atoms with Gasteiger partial charge in [0, 0.05) is 6.54 Å². The van der Waals surface area contributed by atoms with Gasteiger partial charge in [0.25, 0.3) is 11.1 Å². The van der Waals surface area contributed by atoms with E-state index in [1.165, 1.54) is 17.0 Å². The van der Waals surface area contributed by atoms with Gasteiger partial charge in [-0.15, -0.1) is 0 Å². The quantitative estimate of drug-likeness (QED) is 0.818. The molecule has 0 aromatic heterocycles. The summed E-state index contributed by atoms with van der Waals surface area (Å²) in [6.07, 6.45) is 1.65. The van der Waals surface area contributed by atoms with Crippen molar-refractivity contribution in [3.05, 3.63) is 34.7 Å². The summed E-state index contributed by atoms with van der Waals surface area (Å²) in [5.41, 5.74) is 0.782. The molecular formula is C12H11NO3S. The maximum Gasteiger partial charge on any atom is 0.293 e. The standard InChI is InChI=1S/C12H11NO3S/c1-2-13-11(15)10(17-12(13)16)7-8-3-5-9(14)6-4-8/h3-7,14H,2H2,1H3. The molecule has 2 amide bonds. The normalized spacial score (nSPS) is 18.2. The Bertz CT molecular complexity index is 493. The molecule has 0 saturated carbocycles. The minimum Gasteiger partial charge on any atom is -0.508 e. The van der Waals surface area contributed by atoms with Crippen LogP contribution in [0.3, 0.4) is 0 Å². The molecule has 2 rings (SSSR count). The maximum absolute atomic E-state index is 11.8. The molecule has 0 radical (unpaired) electrons. The lowest BCUT2D eigenvalue weighted by Gasteiger charge is -2.06. The number of aromatic hydroxyl groups is 1. The van der Waals surface area contributed by atoms with Crippen molar-refractivity contribution in [2.24, 2.45) is 0 Å². The summed E-state index contributed by atoms with van der Waals surface area (Å²) in [6, 6.07) is 6.45. The predicted molar refractivity (Wildman–Crippen MR) is 66.5 cm³/mol. The molecule has 1 N–H and O–H groups in total. The molecule has 1 aromatic rings. The highest BCUT2D eigenvalue weighted by molar-refractivity contribution is 8.18. The molecule has 4 nitrogen and oxygen atoms in total. The van der Waals surface area contributed by atoms with Crippen LogP contribution in [-0.2, 0) is 4.79 Å².